The maximum atomic E-state index is 11.6. The van der Waals surface area contributed by atoms with Gasteiger partial charge in [0.2, 0.25) is 0 Å². The summed E-state index contributed by atoms with van der Waals surface area (Å²) in [6, 6.07) is 1.98. The molecule has 1 amide bonds. The summed E-state index contributed by atoms with van der Waals surface area (Å²) < 4.78 is 5.13. The summed E-state index contributed by atoms with van der Waals surface area (Å²) in [6.45, 7) is 7.63. The topological polar surface area (TPSA) is 67.6 Å². The first-order valence-corrected chi connectivity index (χ1v) is 7.25. The van der Waals surface area contributed by atoms with E-state index < -0.39 is 0 Å². The number of nitrogens with two attached hydrogens (primary N) is 1. The Labute approximate surface area is 118 Å². The second-order valence-corrected chi connectivity index (χ2v) is 5.79. The minimum Gasteiger partial charge on any atom is -0.383 e. The van der Waals surface area contributed by atoms with Crippen LogP contribution in [0.2, 0.25) is 0 Å². The molecule has 0 aliphatic rings. The van der Waals surface area contributed by atoms with Gasteiger partial charge in [-0.2, -0.15) is 0 Å². The van der Waals surface area contributed by atoms with Gasteiger partial charge in [0.25, 0.3) is 5.91 Å². The third-order valence-electron chi connectivity index (χ3n) is 2.71. The molecule has 0 aromatic carbocycles. The van der Waals surface area contributed by atoms with Gasteiger partial charge in [0.1, 0.15) is 0 Å². The molecule has 19 heavy (non-hydrogen) atoms. The van der Waals surface area contributed by atoms with Gasteiger partial charge >= 0.3 is 0 Å². The summed E-state index contributed by atoms with van der Waals surface area (Å²) >= 11 is 1.42. The summed E-state index contributed by atoms with van der Waals surface area (Å²) in [4.78, 5) is 14.6. The number of hydrogen-bond donors (Lipinski definition) is 2. The van der Waals surface area contributed by atoms with E-state index in [9.17, 15) is 4.79 Å². The fraction of sp³-hybridized carbons (Fsp3) is 0.615. The van der Waals surface area contributed by atoms with Crippen LogP contribution < -0.4 is 11.3 Å². The van der Waals surface area contributed by atoms with Gasteiger partial charge in [-0.15, -0.1) is 11.3 Å². The zero-order valence-electron chi connectivity index (χ0n) is 11.8. The SMILES string of the molecule is COCCN(Cc1ccsc1C(=O)NN)CC(C)C. The monoisotopic (exact) mass is 285 g/mol. The van der Waals surface area contributed by atoms with Crippen molar-refractivity contribution in [1.82, 2.24) is 10.3 Å². The number of rotatable bonds is 8. The smallest absolute Gasteiger partial charge is 0.275 e. The lowest BCUT2D eigenvalue weighted by atomic mass is 10.1. The maximum Gasteiger partial charge on any atom is 0.275 e. The average Bonchev–Trinajstić information content (AvgIpc) is 2.82. The number of nitrogens with one attached hydrogen (secondary N) is 1. The molecule has 0 radical (unpaired) electrons. The Hall–Kier alpha value is -0.950. The highest BCUT2D eigenvalue weighted by molar-refractivity contribution is 7.12. The Balaban J connectivity index is 2.72. The number of methoxy groups -OCH3 is 1. The second-order valence-electron chi connectivity index (χ2n) is 4.87. The van der Waals surface area contributed by atoms with E-state index in [2.05, 4.69) is 24.2 Å². The summed E-state index contributed by atoms with van der Waals surface area (Å²) in [7, 11) is 1.70. The number of amides is 1. The first kappa shape index (κ1) is 16.1. The predicted octanol–water partition coefficient (Wildman–Crippen LogP) is 1.46. The molecule has 1 rings (SSSR count). The molecule has 0 saturated heterocycles. The molecule has 0 spiro atoms. The number of nitrogens with zero attached hydrogens (tertiary/aromatic N) is 1. The van der Waals surface area contributed by atoms with Crippen molar-refractivity contribution in [1.29, 1.82) is 0 Å². The zero-order chi connectivity index (χ0) is 14.3. The van der Waals surface area contributed by atoms with E-state index in [1.54, 1.807) is 7.11 Å². The Kier molecular flexibility index (Phi) is 7.01. The van der Waals surface area contributed by atoms with E-state index in [-0.39, 0.29) is 5.91 Å². The highest BCUT2D eigenvalue weighted by Crippen LogP contribution is 2.19. The lowest BCUT2D eigenvalue weighted by Crippen LogP contribution is -2.33. The number of nitrogen functional groups attached to an aromatic ring is 1. The van der Waals surface area contributed by atoms with Gasteiger partial charge in [0.15, 0.2) is 0 Å². The molecule has 6 heteroatoms. The van der Waals surface area contributed by atoms with Crippen LogP contribution >= 0.6 is 11.3 Å². The molecule has 0 aliphatic heterocycles. The lowest BCUT2D eigenvalue weighted by molar-refractivity contribution is 0.0954. The molecule has 5 nitrogen and oxygen atoms in total. The van der Waals surface area contributed by atoms with Crippen molar-refractivity contribution in [2.75, 3.05) is 26.8 Å². The second kappa shape index (κ2) is 8.27. The molecule has 1 heterocycles. The van der Waals surface area contributed by atoms with Crippen LogP contribution in [0, 0.1) is 5.92 Å². The van der Waals surface area contributed by atoms with Crippen LogP contribution in [0.15, 0.2) is 11.4 Å². The molecule has 0 saturated carbocycles. The Bertz CT molecular complexity index is 393. The predicted molar refractivity (Wildman–Crippen MR) is 78.0 cm³/mol. The zero-order valence-corrected chi connectivity index (χ0v) is 12.6. The fourth-order valence-electron chi connectivity index (χ4n) is 1.94. The largest absolute Gasteiger partial charge is 0.383 e. The van der Waals surface area contributed by atoms with Crippen molar-refractivity contribution >= 4 is 17.2 Å². The van der Waals surface area contributed by atoms with Gasteiger partial charge in [-0.25, -0.2) is 5.84 Å². The molecular formula is C13H23N3O2S. The van der Waals surface area contributed by atoms with Gasteiger partial charge < -0.3 is 4.74 Å². The molecule has 0 bridgehead atoms. The number of hydrazine groups is 1. The van der Waals surface area contributed by atoms with Crippen LogP contribution in [0.1, 0.15) is 29.1 Å². The Morgan fingerprint density at radius 3 is 2.89 bits per heavy atom. The lowest BCUT2D eigenvalue weighted by Gasteiger charge is -2.24. The van der Waals surface area contributed by atoms with Gasteiger partial charge in [0, 0.05) is 26.7 Å². The van der Waals surface area contributed by atoms with Crippen LogP contribution in [0.25, 0.3) is 0 Å². The van der Waals surface area contributed by atoms with E-state index >= 15 is 0 Å². The number of hydrogen-bond acceptors (Lipinski definition) is 5. The van der Waals surface area contributed by atoms with E-state index in [1.807, 2.05) is 11.4 Å². The molecule has 108 valence electrons. The van der Waals surface area contributed by atoms with Gasteiger partial charge in [-0.3, -0.25) is 15.1 Å². The van der Waals surface area contributed by atoms with Crippen LogP contribution in [0.3, 0.4) is 0 Å². The summed E-state index contributed by atoms with van der Waals surface area (Å²) in [6.07, 6.45) is 0. The molecule has 1 aromatic rings. The fourth-order valence-corrected chi connectivity index (χ4v) is 2.76. The number of carbonyl (C=O) groups excluding carboxylic acids is 1. The minimum atomic E-state index is -0.221. The molecule has 0 atom stereocenters. The average molecular weight is 285 g/mol. The quantitative estimate of drug-likeness (QED) is 0.431. The highest BCUT2D eigenvalue weighted by atomic mass is 32.1. The van der Waals surface area contributed by atoms with Crippen LogP contribution in [0.4, 0.5) is 0 Å². The van der Waals surface area contributed by atoms with Crippen molar-refractivity contribution in [2.45, 2.75) is 20.4 Å². The van der Waals surface area contributed by atoms with E-state index in [0.29, 0.717) is 17.4 Å². The molecule has 1 aromatic heterocycles. The Morgan fingerprint density at radius 2 is 2.32 bits per heavy atom. The maximum absolute atomic E-state index is 11.6. The highest BCUT2D eigenvalue weighted by Gasteiger charge is 2.15. The Morgan fingerprint density at radius 1 is 1.58 bits per heavy atom. The number of carbonyl (C=O) groups is 1. The van der Waals surface area contributed by atoms with Gasteiger partial charge in [-0.05, 0) is 22.9 Å². The third kappa shape index (κ3) is 5.28. The first-order chi connectivity index (χ1) is 9.08. The summed E-state index contributed by atoms with van der Waals surface area (Å²) in [5.74, 6) is 5.55. The molecule has 3 N–H and O–H groups in total. The molecule has 0 fully saturated rings. The summed E-state index contributed by atoms with van der Waals surface area (Å²) in [5.41, 5.74) is 3.21. The number of thiophene rings is 1. The van der Waals surface area contributed by atoms with Crippen molar-refractivity contribution < 1.29 is 9.53 Å². The normalized spacial score (nSPS) is 11.3. The third-order valence-corrected chi connectivity index (χ3v) is 3.67. The van der Waals surface area contributed by atoms with Crippen molar-refractivity contribution in [3.05, 3.63) is 21.9 Å². The van der Waals surface area contributed by atoms with Gasteiger partial charge in [-0.1, -0.05) is 13.8 Å². The minimum absolute atomic E-state index is 0.221. The molecule has 0 aliphatic carbocycles. The number of ether oxygens (including phenoxy) is 1. The van der Waals surface area contributed by atoms with Crippen molar-refractivity contribution in [3.8, 4) is 0 Å². The van der Waals surface area contributed by atoms with Crippen molar-refractivity contribution in [3.63, 3.8) is 0 Å². The van der Waals surface area contributed by atoms with Crippen molar-refractivity contribution in [2.24, 2.45) is 11.8 Å². The first-order valence-electron chi connectivity index (χ1n) is 6.37. The van der Waals surface area contributed by atoms with Gasteiger partial charge in [0.05, 0.1) is 11.5 Å². The van der Waals surface area contributed by atoms with Crippen LogP contribution in [-0.4, -0.2) is 37.6 Å². The van der Waals surface area contributed by atoms with E-state index in [4.69, 9.17) is 10.6 Å². The van der Waals surface area contributed by atoms with E-state index in [1.165, 1.54) is 11.3 Å². The summed E-state index contributed by atoms with van der Waals surface area (Å²) in [5, 5.41) is 1.92. The van der Waals surface area contributed by atoms with Crippen LogP contribution in [-0.2, 0) is 11.3 Å². The van der Waals surface area contributed by atoms with E-state index in [0.717, 1.165) is 25.2 Å². The molecular weight excluding hydrogens is 262 g/mol. The standard InChI is InChI=1S/C13H23N3O2S/c1-10(2)8-16(5-6-18-3)9-11-4-7-19-12(11)13(17)15-14/h4,7,10H,5-6,8-9,14H2,1-3H3,(H,15,17). The molecule has 0 unspecified atom stereocenters. The van der Waals surface area contributed by atoms with Crippen LogP contribution in [0.5, 0.6) is 0 Å².